The van der Waals surface area contributed by atoms with Gasteiger partial charge in [0.2, 0.25) is 0 Å². The van der Waals surface area contributed by atoms with Crippen molar-refractivity contribution < 1.29 is 0 Å². The molecule has 3 aromatic heterocycles. The van der Waals surface area contributed by atoms with Crippen LogP contribution in [0.15, 0.2) is 30.9 Å². The molecule has 1 N–H and O–H groups in total. The number of imidazole rings is 1. The first-order valence-electron chi connectivity index (χ1n) is 7.68. The van der Waals surface area contributed by atoms with Crippen LogP contribution in [0.2, 0.25) is 5.02 Å². The Hall–Kier alpha value is -2.40. The van der Waals surface area contributed by atoms with Crippen molar-refractivity contribution in [3.63, 3.8) is 0 Å². The Morgan fingerprint density at radius 1 is 1.30 bits per heavy atom. The zero-order valence-electron chi connectivity index (χ0n) is 12.5. The highest BCUT2D eigenvalue weighted by Crippen LogP contribution is 2.40. The molecule has 0 saturated heterocycles. The molecule has 0 aliphatic heterocycles. The Balaban J connectivity index is 1.81. The lowest BCUT2D eigenvalue weighted by Gasteiger charge is -2.08. The van der Waals surface area contributed by atoms with Crippen molar-refractivity contribution in [3.05, 3.63) is 47.3 Å². The Bertz CT molecular complexity index is 1060. The molecule has 1 saturated carbocycles. The van der Waals surface area contributed by atoms with Crippen LogP contribution >= 0.6 is 11.6 Å². The van der Waals surface area contributed by atoms with Crippen LogP contribution in [0.5, 0.6) is 0 Å². The van der Waals surface area contributed by atoms with Crippen LogP contribution in [-0.2, 0) is 0 Å². The molecule has 0 unspecified atom stereocenters. The van der Waals surface area contributed by atoms with Gasteiger partial charge in [0.15, 0.2) is 0 Å². The number of halogens is 1. The molecule has 5 nitrogen and oxygen atoms in total. The number of nitrogens with zero attached hydrogens (tertiary/aromatic N) is 4. The van der Waals surface area contributed by atoms with Crippen LogP contribution in [-0.4, -0.2) is 24.6 Å². The van der Waals surface area contributed by atoms with Gasteiger partial charge < -0.3 is 0 Å². The van der Waals surface area contributed by atoms with E-state index >= 15 is 0 Å². The summed E-state index contributed by atoms with van der Waals surface area (Å²) >= 11 is 6.40. The van der Waals surface area contributed by atoms with Crippen LogP contribution in [0.3, 0.4) is 0 Å². The maximum absolute atomic E-state index is 6.40. The molecular formula is C17H14ClN5. The minimum absolute atomic E-state index is 0.614. The number of rotatable bonds is 2. The summed E-state index contributed by atoms with van der Waals surface area (Å²) in [4.78, 5) is 9.40. The average Bonchev–Trinajstić information content (AvgIpc) is 3.11. The Kier molecular flexibility index (Phi) is 2.59. The van der Waals surface area contributed by atoms with Gasteiger partial charge in [0.1, 0.15) is 12.0 Å². The maximum Gasteiger partial charge on any atom is 0.147 e. The van der Waals surface area contributed by atoms with E-state index in [9.17, 15) is 0 Å². The molecule has 1 aromatic carbocycles. The number of aromatic nitrogens is 5. The molecule has 5 rings (SSSR count). The first-order chi connectivity index (χ1) is 11.2. The molecule has 0 radical (unpaired) electrons. The smallest absolute Gasteiger partial charge is 0.147 e. The molecule has 0 spiro atoms. The summed E-state index contributed by atoms with van der Waals surface area (Å²) < 4.78 is 2.02. The van der Waals surface area contributed by atoms with Crippen molar-refractivity contribution in [1.29, 1.82) is 0 Å². The molecule has 114 valence electrons. The molecule has 0 amide bonds. The van der Waals surface area contributed by atoms with E-state index in [0.717, 1.165) is 39.1 Å². The number of hydrogen-bond acceptors (Lipinski definition) is 3. The second kappa shape index (κ2) is 4.55. The number of nitrogens with one attached hydrogen (secondary N) is 1. The van der Waals surface area contributed by atoms with Gasteiger partial charge in [-0.15, -0.1) is 0 Å². The van der Waals surface area contributed by atoms with E-state index in [-0.39, 0.29) is 0 Å². The van der Waals surface area contributed by atoms with Crippen LogP contribution in [0.1, 0.15) is 30.1 Å². The molecule has 1 aliphatic rings. The van der Waals surface area contributed by atoms with E-state index in [0.29, 0.717) is 10.9 Å². The summed E-state index contributed by atoms with van der Waals surface area (Å²) in [5.41, 5.74) is 5.96. The fraction of sp³-hybridized carbons (Fsp3) is 0.235. The normalized spacial score (nSPS) is 14.9. The molecule has 6 heteroatoms. The van der Waals surface area contributed by atoms with E-state index in [1.807, 2.05) is 23.7 Å². The third-order valence-electron chi connectivity index (χ3n) is 4.50. The fourth-order valence-corrected chi connectivity index (χ4v) is 3.40. The number of fused-ring (bicyclic) bond motifs is 2. The molecule has 0 atom stereocenters. The number of aromatic amines is 1. The summed E-state index contributed by atoms with van der Waals surface area (Å²) in [5.74, 6) is 0.614. The summed E-state index contributed by atoms with van der Waals surface area (Å²) in [6.45, 7) is 2.01. The van der Waals surface area contributed by atoms with Gasteiger partial charge in [0.05, 0.1) is 28.1 Å². The van der Waals surface area contributed by atoms with Crippen molar-refractivity contribution in [3.8, 4) is 11.1 Å². The number of hydrogen-bond donors (Lipinski definition) is 1. The van der Waals surface area contributed by atoms with Gasteiger partial charge in [0, 0.05) is 23.1 Å². The lowest BCUT2D eigenvalue weighted by atomic mass is 10.0. The lowest BCUT2D eigenvalue weighted by molar-refractivity contribution is 1.04. The zero-order valence-corrected chi connectivity index (χ0v) is 13.3. The topological polar surface area (TPSA) is 58.9 Å². The number of H-pyrrole nitrogens is 1. The molecule has 23 heavy (non-hydrogen) atoms. The van der Waals surface area contributed by atoms with Gasteiger partial charge in [-0.3, -0.25) is 9.50 Å². The minimum Gasteiger partial charge on any atom is -0.290 e. The van der Waals surface area contributed by atoms with Gasteiger partial charge >= 0.3 is 0 Å². The van der Waals surface area contributed by atoms with Gasteiger partial charge in [-0.2, -0.15) is 5.10 Å². The highest BCUT2D eigenvalue weighted by molar-refractivity contribution is 6.35. The third kappa shape index (κ3) is 1.96. The summed E-state index contributed by atoms with van der Waals surface area (Å²) in [6, 6.07) is 4.04. The third-order valence-corrected chi connectivity index (χ3v) is 4.80. The minimum atomic E-state index is 0.614. The molecule has 4 aromatic rings. The van der Waals surface area contributed by atoms with Crippen LogP contribution in [0.4, 0.5) is 0 Å². The van der Waals surface area contributed by atoms with E-state index in [2.05, 4.69) is 27.4 Å². The standard InChI is InChI=1S/C17H14ClN5/c1-9-15(11-4-12-6-20-22-16(12)13(18)5-11)17-21-14(10-2-3-10)7-23(17)8-19-9/h4-8,10H,2-3H2,1H3,(H,20,22). The zero-order chi connectivity index (χ0) is 15.6. The first-order valence-corrected chi connectivity index (χ1v) is 8.05. The molecular weight excluding hydrogens is 310 g/mol. The van der Waals surface area contributed by atoms with Crippen molar-refractivity contribution in [2.24, 2.45) is 0 Å². The van der Waals surface area contributed by atoms with Crippen molar-refractivity contribution >= 4 is 28.2 Å². The second-order valence-corrected chi connectivity index (χ2v) is 6.58. The predicted octanol–water partition coefficient (Wildman–Crippen LogP) is 4.11. The van der Waals surface area contributed by atoms with E-state index in [1.165, 1.54) is 12.8 Å². The van der Waals surface area contributed by atoms with Crippen LogP contribution in [0.25, 0.3) is 27.7 Å². The number of aryl methyl sites for hydroxylation is 1. The maximum atomic E-state index is 6.40. The van der Waals surface area contributed by atoms with Crippen molar-refractivity contribution in [2.75, 3.05) is 0 Å². The molecule has 3 heterocycles. The van der Waals surface area contributed by atoms with Gasteiger partial charge in [-0.05, 0) is 37.5 Å². The molecule has 1 fully saturated rings. The summed E-state index contributed by atoms with van der Waals surface area (Å²) in [7, 11) is 0. The molecule has 1 aliphatic carbocycles. The second-order valence-electron chi connectivity index (χ2n) is 6.17. The SMILES string of the molecule is Cc1ncn2cc(C3CC3)nc2c1-c1cc(Cl)c2[nH]ncc2c1. The predicted molar refractivity (Wildman–Crippen MR) is 89.8 cm³/mol. The van der Waals surface area contributed by atoms with Gasteiger partial charge in [-0.1, -0.05) is 11.6 Å². The van der Waals surface area contributed by atoms with Gasteiger partial charge in [-0.25, -0.2) is 9.97 Å². The van der Waals surface area contributed by atoms with Crippen molar-refractivity contribution in [2.45, 2.75) is 25.7 Å². The van der Waals surface area contributed by atoms with E-state index < -0.39 is 0 Å². The fourth-order valence-electron chi connectivity index (χ4n) is 3.13. The summed E-state index contributed by atoms with van der Waals surface area (Å²) in [6.07, 6.45) is 8.19. The van der Waals surface area contributed by atoms with Crippen LogP contribution < -0.4 is 0 Å². The average molecular weight is 324 g/mol. The van der Waals surface area contributed by atoms with E-state index in [1.54, 1.807) is 6.20 Å². The Labute approximate surface area is 137 Å². The first kappa shape index (κ1) is 13.1. The highest BCUT2D eigenvalue weighted by atomic mass is 35.5. The lowest BCUT2D eigenvalue weighted by Crippen LogP contribution is -1.95. The monoisotopic (exact) mass is 323 g/mol. The number of benzene rings is 1. The largest absolute Gasteiger partial charge is 0.290 e. The molecule has 0 bridgehead atoms. The van der Waals surface area contributed by atoms with E-state index in [4.69, 9.17) is 16.6 Å². The Morgan fingerprint density at radius 3 is 3.00 bits per heavy atom. The Morgan fingerprint density at radius 2 is 2.17 bits per heavy atom. The quantitative estimate of drug-likeness (QED) is 0.604. The van der Waals surface area contributed by atoms with Crippen LogP contribution in [0, 0.1) is 6.92 Å². The summed E-state index contributed by atoms with van der Waals surface area (Å²) in [5, 5.41) is 8.65. The van der Waals surface area contributed by atoms with Gasteiger partial charge in [0.25, 0.3) is 0 Å². The highest BCUT2D eigenvalue weighted by Gasteiger charge is 2.27. The van der Waals surface area contributed by atoms with Crippen molar-refractivity contribution in [1.82, 2.24) is 24.6 Å².